The quantitative estimate of drug-likeness (QED) is 0.862. The van der Waals surface area contributed by atoms with Gasteiger partial charge in [0.2, 0.25) is 5.91 Å². The van der Waals surface area contributed by atoms with Crippen molar-refractivity contribution in [3.63, 3.8) is 0 Å². The van der Waals surface area contributed by atoms with Crippen LogP contribution in [-0.4, -0.2) is 37.1 Å². The van der Waals surface area contributed by atoms with E-state index in [0.29, 0.717) is 12.5 Å². The lowest BCUT2D eigenvalue weighted by atomic mass is 9.76. The molecular formula is C18H27ClN2O2. The van der Waals surface area contributed by atoms with Crippen LogP contribution in [0.2, 0.25) is 0 Å². The number of carbonyl (C=O) groups is 1. The smallest absolute Gasteiger partial charge is 0.227 e. The van der Waals surface area contributed by atoms with Gasteiger partial charge in [0.05, 0.1) is 12.5 Å². The number of nitrogens with two attached hydrogens (primary N) is 1. The number of amides is 1. The summed E-state index contributed by atoms with van der Waals surface area (Å²) < 4.78 is 5.71. The van der Waals surface area contributed by atoms with Crippen LogP contribution >= 0.6 is 12.4 Å². The van der Waals surface area contributed by atoms with Gasteiger partial charge in [0.15, 0.2) is 0 Å². The zero-order chi connectivity index (χ0) is 15.6. The molecule has 1 aliphatic heterocycles. The van der Waals surface area contributed by atoms with Crippen molar-refractivity contribution in [1.82, 2.24) is 4.90 Å². The van der Waals surface area contributed by atoms with Gasteiger partial charge in [0, 0.05) is 31.3 Å². The maximum atomic E-state index is 12.6. The molecule has 1 aromatic rings. The van der Waals surface area contributed by atoms with Crippen LogP contribution in [-0.2, 0) is 16.0 Å². The number of anilines is 1. The number of benzene rings is 1. The summed E-state index contributed by atoms with van der Waals surface area (Å²) in [6.45, 7) is 1.74. The van der Waals surface area contributed by atoms with Gasteiger partial charge >= 0.3 is 0 Å². The number of halogens is 1. The number of carbonyl (C=O) groups excluding carboxylic acids is 1. The molecule has 1 aliphatic carbocycles. The van der Waals surface area contributed by atoms with Crippen molar-refractivity contribution >= 4 is 24.0 Å². The molecule has 1 spiro atoms. The van der Waals surface area contributed by atoms with Gasteiger partial charge in [-0.3, -0.25) is 4.79 Å². The molecule has 2 fully saturated rings. The second-order valence-corrected chi connectivity index (χ2v) is 6.82. The Bertz CT molecular complexity index is 534. The predicted octanol–water partition coefficient (Wildman–Crippen LogP) is 3.04. The Morgan fingerprint density at radius 2 is 2.00 bits per heavy atom. The summed E-state index contributed by atoms with van der Waals surface area (Å²) in [6.07, 6.45) is 6.62. The lowest BCUT2D eigenvalue weighted by molar-refractivity contribution is -0.136. The molecule has 1 saturated heterocycles. The van der Waals surface area contributed by atoms with E-state index in [-0.39, 0.29) is 23.7 Å². The largest absolute Gasteiger partial charge is 0.399 e. The van der Waals surface area contributed by atoms with Crippen molar-refractivity contribution < 1.29 is 9.53 Å². The summed E-state index contributed by atoms with van der Waals surface area (Å²) in [6, 6.07) is 7.61. The van der Waals surface area contributed by atoms with Gasteiger partial charge in [-0.1, -0.05) is 18.6 Å². The molecule has 4 nitrogen and oxygen atoms in total. The Morgan fingerprint density at radius 1 is 1.30 bits per heavy atom. The van der Waals surface area contributed by atoms with E-state index in [2.05, 4.69) is 4.90 Å². The third-order valence-corrected chi connectivity index (χ3v) is 5.40. The van der Waals surface area contributed by atoms with Gasteiger partial charge in [0.1, 0.15) is 0 Å². The van der Waals surface area contributed by atoms with Crippen LogP contribution in [0.25, 0.3) is 0 Å². The SMILES string of the molecule is CO[C@@H]1CCC[C@]12CCCN(C(=O)Cc1ccc(N)cc1)C2.Cl. The first-order chi connectivity index (χ1) is 10.6. The van der Waals surface area contributed by atoms with E-state index in [0.717, 1.165) is 37.2 Å². The average Bonchev–Trinajstić information content (AvgIpc) is 2.91. The highest BCUT2D eigenvalue weighted by molar-refractivity contribution is 5.85. The van der Waals surface area contributed by atoms with Crippen molar-refractivity contribution in [2.45, 2.75) is 44.6 Å². The molecule has 0 aromatic heterocycles. The van der Waals surface area contributed by atoms with Crippen molar-refractivity contribution in [2.24, 2.45) is 5.41 Å². The number of rotatable bonds is 3. The van der Waals surface area contributed by atoms with E-state index >= 15 is 0 Å². The van der Waals surface area contributed by atoms with Gasteiger partial charge in [-0.05, 0) is 43.4 Å². The molecule has 128 valence electrons. The Balaban J connectivity index is 0.00000192. The second kappa shape index (κ2) is 7.54. The minimum atomic E-state index is 0. The van der Waals surface area contributed by atoms with E-state index in [1.807, 2.05) is 31.4 Å². The summed E-state index contributed by atoms with van der Waals surface area (Å²) in [5.74, 6) is 0.227. The van der Waals surface area contributed by atoms with Crippen LogP contribution in [0, 0.1) is 5.41 Å². The monoisotopic (exact) mass is 338 g/mol. The van der Waals surface area contributed by atoms with Crippen molar-refractivity contribution in [3.8, 4) is 0 Å². The first-order valence-corrected chi connectivity index (χ1v) is 8.28. The standard InChI is InChI=1S/C18H26N2O2.ClH/c1-22-16-4-2-9-18(16)10-3-11-20(13-18)17(21)12-14-5-7-15(19)8-6-14;/h5-8,16H,2-4,9-13,19H2,1H3;1H/t16-,18-;/m1./s1. The zero-order valence-corrected chi connectivity index (χ0v) is 14.6. The number of ether oxygens (including phenoxy) is 1. The third-order valence-electron chi connectivity index (χ3n) is 5.40. The molecule has 0 bridgehead atoms. The lowest BCUT2D eigenvalue weighted by Crippen LogP contribution is -2.50. The second-order valence-electron chi connectivity index (χ2n) is 6.82. The molecule has 0 radical (unpaired) electrons. The molecule has 3 rings (SSSR count). The van der Waals surface area contributed by atoms with E-state index in [1.54, 1.807) is 0 Å². The fourth-order valence-corrected chi connectivity index (χ4v) is 4.24. The molecular weight excluding hydrogens is 312 g/mol. The van der Waals surface area contributed by atoms with Gasteiger partial charge in [0.25, 0.3) is 0 Å². The highest BCUT2D eigenvalue weighted by Gasteiger charge is 2.46. The van der Waals surface area contributed by atoms with Gasteiger partial charge < -0.3 is 15.4 Å². The number of methoxy groups -OCH3 is 1. The topological polar surface area (TPSA) is 55.6 Å². The number of likely N-dealkylation sites (tertiary alicyclic amines) is 1. The summed E-state index contributed by atoms with van der Waals surface area (Å²) in [5, 5.41) is 0. The Morgan fingerprint density at radius 3 is 2.70 bits per heavy atom. The van der Waals surface area contributed by atoms with Crippen molar-refractivity contribution in [3.05, 3.63) is 29.8 Å². The average molecular weight is 339 g/mol. The molecule has 1 saturated carbocycles. The molecule has 5 heteroatoms. The maximum Gasteiger partial charge on any atom is 0.227 e. The molecule has 2 N–H and O–H groups in total. The summed E-state index contributed by atoms with van der Waals surface area (Å²) >= 11 is 0. The number of nitrogens with zero attached hydrogens (tertiary/aromatic N) is 1. The van der Waals surface area contributed by atoms with Crippen LogP contribution in [0.3, 0.4) is 0 Å². The van der Waals surface area contributed by atoms with E-state index in [4.69, 9.17) is 10.5 Å². The molecule has 1 heterocycles. The normalized spacial score (nSPS) is 27.0. The van der Waals surface area contributed by atoms with Crippen molar-refractivity contribution in [1.29, 1.82) is 0 Å². The van der Waals surface area contributed by atoms with Gasteiger partial charge in [-0.25, -0.2) is 0 Å². The molecule has 2 atom stereocenters. The minimum absolute atomic E-state index is 0. The Labute approximate surface area is 144 Å². The number of hydrogen-bond donors (Lipinski definition) is 1. The third kappa shape index (κ3) is 3.81. The maximum absolute atomic E-state index is 12.6. The van der Waals surface area contributed by atoms with Gasteiger partial charge in [-0.15, -0.1) is 12.4 Å². The minimum Gasteiger partial charge on any atom is -0.399 e. The highest BCUT2D eigenvalue weighted by atomic mass is 35.5. The Hall–Kier alpha value is -1.26. The summed E-state index contributed by atoms with van der Waals surface area (Å²) in [5.41, 5.74) is 7.67. The summed E-state index contributed by atoms with van der Waals surface area (Å²) in [7, 11) is 1.81. The van der Waals surface area contributed by atoms with Crippen LogP contribution in [0.1, 0.15) is 37.7 Å². The van der Waals surface area contributed by atoms with E-state index in [9.17, 15) is 4.79 Å². The van der Waals surface area contributed by atoms with Crippen LogP contribution < -0.4 is 5.73 Å². The predicted molar refractivity (Wildman–Crippen MR) is 94.7 cm³/mol. The molecule has 23 heavy (non-hydrogen) atoms. The molecule has 2 aliphatic rings. The zero-order valence-electron chi connectivity index (χ0n) is 13.8. The van der Waals surface area contributed by atoms with Crippen molar-refractivity contribution in [2.75, 3.05) is 25.9 Å². The number of piperidine rings is 1. The first-order valence-electron chi connectivity index (χ1n) is 8.28. The van der Waals surface area contributed by atoms with Crippen LogP contribution in [0.5, 0.6) is 0 Å². The van der Waals surface area contributed by atoms with Crippen LogP contribution in [0.4, 0.5) is 5.69 Å². The summed E-state index contributed by atoms with van der Waals surface area (Å²) in [4.78, 5) is 14.7. The Kier molecular flexibility index (Phi) is 5.93. The molecule has 1 amide bonds. The number of nitrogen functional groups attached to an aromatic ring is 1. The highest BCUT2D eigenvalue weighted by Crippen LogP contribution is 2.46. The fourth-order valence-electron chi connectivity index (χ4n) is 4.24. The van der Waals surface area contributed by atoms with Gasteiger partial charge in [-0.2, -0.15) is 0 Å². The fraction of sp³-hybridized carbons (Fsp3) is 0.611. The molecule has 0 unspecified atom stereocenters. The lowest BCUT2D eigenvalue weighted by Gasteiger charge is -2.43. The molecule has 1 aromatic carbocycles. The first kappa shape index (κ1) is 18.1. The van der Waals surface area contributed by atoms with E-state index < -0.39 is 0 Å². The van der Waals surface area contributed by atoms with Crippen LogP contribution in [0.15, 0.2) is 24.3 Å². The number of hydrogen-bond acceptors (Lipinski definition) is 3. The van der Waals surface area contributed by atoms with E-state index in [1.165, 1.54) is 19.3 Å².